The number of alkyl halides is 1. The van der Waals surface area contributed by atoms with Crippen LogP contribution in [0.25, 0.3) is 22.2 Å². The molecule has 1 aromatic carbocycles. The summed E-state index contributed by atoms with van der Waals surface area (Å²) < 4.78 is 60.1. The summed E-state index contributed by atoms with van der Waals surface area (Å²) in [6.45, 7) is 6.05. The highest BCUT2D eigenvalue weighted by molar-refractivity contribution is 5.95. The van der Waals surface area contributed by atoms with Crippen molar-refractivity contribution in [3.05, 3.63) is 46.1 Å². The Morgan fingerprint density at radius 2 is 1.87 bits per heavy atom. The van der Waals surface area contributed by atoms with Crippen LogP contribution in [0, 0.1) is 29.3 Å². The first-order valence-electron chi connectivity index (χ1n) is 12.6. The van der Waals surface area contributed by atoms with Gasteiger partial charge in [0.1, 0.15) is 17.5 Å². The number of pyridine rings is 1. The average Bonchev–Trinajstić information content (AvgIpc) is 3.60. The number of piperidine rings is 1. The third-order valence-electron chi connectivity index (χ3n) is 7.06. The van der Waals surface area contributed by atoms with Gasteiger partial charge in [0.15, 0.2) is 17.5 Å². The lowest BCUT2D eigenvalue weighted by molar-refractivity contribution is -0.117. The largest absolute Gasteiger partial charge is 0.350 e. The molecule has 1 aliphatic carbocycles. The molecular formula is C26H28F4N6O2. The number of hydrogen-bond donors (Lipinski definition) is 3. The van der Waals surface area contributed by atoms with E-state index >= 15 is 4.39 Å². The van der Waals surface area contributed by atoms with Gasteiger partial charge in [-0.3, -0.25) is 14.2 Å². The van der Waals surface area contributed by atoms with E-state index in [-0.39, 0.29) is 48.0 Å². The Labute approximate surface area is 215 Å². The van der Waals surface area contributed by atoms with Crippen LogP contribution in [0.2, 0.25) is 0 Å². The molecule has 4 atom stereocenters. The molecule has 5 rings (SSSR count). The fourth-order valence-corrected chi connectivity index (χ4v) is 4.85. The molecule has 0 spiro atoms. The number of aromatic nitrogens is 3. The van der Waals surface area contributed by atoms with E-state index < -0.39 is 52.4 Å². The first kappa shape index (κ1) is 26.1. The highest BCUT2D eigenvalue weighted by Gasteiger charge is 2.40. The zero-order valence-corrected chi connectivity index (χ0v) is 21.1. The van der Waals surface area contributed by atoms with Gasteiger partial charge in [0, 0.05) is 54.7 Å². The minimum Gasteiger partial charge on any atom is -0.350 e. The topological polar surface area (TPSA) is 101 Å². The van der Waals surface area contributed by atoms with Gasteiger partial charge in [0.2, 0.25) is 11.9 Å². The molecular weight excluding hydrogens is 504 g/mol. The van der Waals surface area contributed by atoms with E-state index in [1.54, 1.807) is 13.8 Å². The number of nitrogens with zero attached hydrogens (tertiary/aromatic N) is 3. The molecule has 2 fully saturated rings. The molecule has 38 heavy (non-hydrogen) atoms. The van der Waals surface area contributed by atoms with E-state index in [4.69, 9.17) is 0 Å². The summed E-state index contributed by atoms with van der Waals surface area (Å²) in [5.74, 6) is -4.91. The van der Waals surface area contributed by atoms with Crippen LogP contribution in [0.3, 0.4) is 0 Å². The molecule has 1 saturated heterocycles. The maximum atomic E-state index is 15.2. The van der Waals surface area contributed by atoms with Gasteiger partial charge >= 0.3 is 0 Å². The first-order chi connectivity index (χ1) is 18.0. The third kappa shape index (κ3) is 4.84. The molecule has 2 aliphatic rings. The highest BCUT2D eigenvalue weighted by atomic mass is 19.2. The molecule has 3 N–H and O–H groups in total. The zero-order valence-electron chi connectivity index (χ0n) is 21.1. The van der Waals surface area contributed by atoms with Crippen molar-refractivity contribution in [2.24, 2.45) is 11.8 Å². The summed E-state index contributed by atoms with van der Waals surface area (Å²) in [4.78, 5) is 34.4. The predicted octanol–water partition coefficient (Wildman–Crippen LogP) is 4.16. The molecule has 1 aliphatic heterocycles. The Morgan fingerprint density at radius 3 is 2.53 bits per heavy atom. The average molecular weight is 533 g/mol. The summed E-state index contributed by atoms with van der Waals surface area (Å²) in [6.07, 6.45) is 1.27. The minimum atomic E-state index is -1.58. The summed E-state index contributed by atoms with van der Waals surface area (Å²) in [5.41, 5.74) is -2.22. The number of anilines is 2. The van der Waals surface area contributed by atoms with Crippen LogP contribution in [0.4, 0.5) is 29.2 Å². The molecule has 0 bridgehead atoms. The maximum Gasteiger partial charge on any atom is 0.260 e. The molecule has 0 radical (unpaired) electrons. The van der Waals surface area contributed by atoms with Crippen LogP contribution in [0.5, 0.6) is 0 Å². The molecule has 1 amide bonds. The van der Waals surface area contributed by atoms with Gasteiger partial charge in [0.05, 0.1) is 5.56 Å². The fraction of sp³-hybridized carbons (Fsp3) is 0.462. The predicted molar refractivity (Wildman–Crippen MR) is 135 cm³/mol. The quantitative estimate of drug-likeness (QED) is 0.326. The second-order valence-electron chi connectivity index (χ2n) is 10.3. The first-order valence-corrected chi connectivity index (χ1v) is 12.6. The van der Waals surface area contributed by atoms with Gasteiger partial charge < -0.3 is 16.0 Å². The summed E-state index contributed by atoms with van der Waals surface area (Å²) >= 11 is 0. The second-order valence-corrected chi connectivity index (χ2v) is 10.3. The molecule has 12 heteroatoms. The van der Waals surface area contributed by atoms with Gasteiger partial charge in [-0.05, 0) is 38.3 Å². The van der Waals surface area contributed by atoms with Gasteiger partial charge in [-0.15, -0.1) is 0 Å². The number of rotatable bonds is 6. The van der Waals surface area contributed by atoms with Crippen molar-refractivity contribution < 1.29 is 22.4 Å². The van der Waals surface area contributed by atoms with Crippen LogP contribution in [-0.4, -0.2) is 45.7 Å². The molecule has 0 unspecified atom stereocenters. The van der Waals surface area contributed by atoms with Crippen molar-refractivity contribution in [2.75, 3.05) is 23.7 Å². The van der Waals surface area contributed by atoms with Gasteiger partial charge in [0.25, 0.3) is 5.56 Å². The van der Waals surface area contributed by atoms with Crippen LogP contribution < -0.4 is 21.5 Å². The lowest BCUT2D eigenvalue weighted by Crippen LogP contribution is -2.44. The monoisotopic (exact) mass is 532 g/mol. The fourth-order valence-electron chi connectivity index (χ4n) is 4.85. The third-order valence-corrected chi connectivity index (χ3v) is 7.06. The molecule has 202 valence electrons. The smallest absolute Gasteiger partial charge is 0.260 e. The Morgan fingerprint density at radius 1 is 1.13 bits per heavy atom. The number of carbonyl (C=O) groups is 1. The van der Waals surface area contributed by atoms with Gasteiger partial charge in [-0.1, -0.05) is 6.92 Å². The molecule has 1 saturated carbocycles. The number of halogens is 4. The second kappa shape index (κ2) is 9.97. The Hall–Kier alpha value is -3.54. The summed E-state index contributed by atoms with van der Waals surface area (Å²) in [6, 6.07) is 1.28. The van der Waals surface area contributed by atoms with Crippen molar-refractivity contribution in [1.82, 2.24) is 19.9 Å². The molecule has 3 heterocycles. The lowest BCUT2D eigenvalue weighted by atomic mass is 10.0. The van der Waals surface area contributed by atoms with E-state index in [2.05, 4.69) is 25.9 Å². The number of carbonyl (C=O) groups excluding carboxylic acids is 1. The van der Waals surface area contributed by atoms with E-state index in [9.17, 15) is 22.8 Å². The summed E-state index contributed by atoms with van der Waals surface area (Å²) in [5, 5.41) is 8.52. The molecule has 2 aromatic heterocycles. The molecule has 8 nitrogen and oxygen atoms in total. The standard InChI is InChI=1S/C26H28F4N6O2/c1-11(2)36-23-13(8-32-26(35-23)33-15-6-14(27)9-31-10-15)5-18(25(36)38)17-7-19(28)22(21(30)20(17)29)34-24(37)16-4-12(16)3/h5,7-8,11-12,14-16,31H,4,6,9-10H2,1-3H3,(H,34,37)(H,32,33,35)/t12-,14-,15-,16-/m0/s1. The van der Waals surface area contributed by atoms with Crippen LogP contribution >= 0.6 is 0 Å². The van der Waals surface area contributed by atoms with Crippen LogP contribution in [-0.2, 0) is 4.79 Å². The number of hydrogen-bond acceptors (Lipinski definition) is 6. The Kier molecular flexibility index (Phi) is 6.84. The van der Waals surface area contributed by atoms with E-state index in [0.29, 0.717) is 24.4 Å². The Balaban J connectivity index is 1.55. The SMILES string of the molecule is CC(C)n1c(=O)c(-c2cc(F)c(NC(=O)[C@H]3C[C@@H]3C)c(F)c2F)cc2cnc(N[C@@H]3CNC[C@@H](F)C3)nc21. The van der Waals surface area contributed by atoms with Crippen molar-refractivity contribution in [1.29, 1.82) is 0 Å². The minimum absolute atomic E-state index is 0.0928. The van der Waals surface area contributed by atoms with Crippen molar-refractivity contribution in [3.63, 3.8) is 0 Å². The van der Waals surface area contributed by atoms with Crippen molar-refractivity contribution >= 4 is 28.6 Å². The number of fused-ring (bicyclic) bond motifs is 1. The van der Waals surface area contributed by atoms with E-state index in [0.717, 1.165) is 0 Å². The normalized spacial score (nSPS) is 23.1. The van der Waals surface area contributed by atoms with Gasteiger partial charge in [-0.2, -0.15) is 4.98 Å². The zero-order chi connectivity index (χ0) is 27.3. The van der Waals surface area contributed by atoms with Crippen molar-refractivity contribution in [2.45, 2.75) is 51.9 Å². The van der Waals surface area contributed by atoms with E-state index in [1.807, 2.05) is 6.92 Å². The lowest BCUT2D eigenvalue weighted by Gasteiger charge is -2.26. The number of benzene rings is 1. The number of amides is 1. The molecule has 3 aromatic rings. The summed E-state index contributed by atoms with van der Waals surface area (Å²) in [7, 11) is 0. The van der Waals surface area contributed by atoms with Crippen LogP contribution in [0.15, 0.2) is 23.1 Å². The van der Waals surface area contributed by atoms with Crippen LogP contribution in [0.1, 0.15) is 39.7 Å². The number of nitrogens with one attached hydrogen (secondary N) is 3. The Bertz CT molecular complexity index is 1480. The highest BCUT2D eigenvalue weighted by Crippen LogP contribution is 2.39. The maximum absolute atomic E-state index is 15.2. The van der Waals surface area contributed by atoms with E-state index in [1.165, 1.54) is 16.8 Å². The van der Waals surface area contributed by atoms with Crippen molar-refractivity contribution in [3.8, 4) is 11.1 Å². The van der Waals surface area contributed by atoms with Gasteiger partial charge in [-0.25, -0.2) is 22.5 Å².